The Labute approximate surface area is 157 Å². The van der Waals surface area contributed by atoms with E-state index in [0.717, 1.165) is 25.0 Å². The molecule has 1 aliphatic rings. The molecule has 0 aliphatic carbocycles. The molecule has 1 aromatic carbocycles. The molecule has 2 rings (SSSR count). The van der Waals surface area contributed by atoms with Gasteiger partial charge in [0.15, 0.2) is 0 Å². The number of halogens is 1. The van der Waals surface area contributed by atoms with Crippen LogP contribution >= 0.6 is 12.4 Å². The van der Waals surface area contributed by atoms with E-state index in [0.29, 0.717) is 32.8 Å². The van der Waals surface area contributed by atoms with E-state index in [2.05, 4.69) is 17.4 Å². The van der Waals surface area contributed by atoms with Crippen molar-refractivity contribution < 1.29 is 14.3 Å². The second-order valence-corrected chi connectivity index (χ2v) is 6.46. The van der Waals surface area contributed by atoms with E-state index in [1.54, 1.807) is 0 Å². The third-order valence-corrected chi connectivity index (χ3v) is 4.77. The van der Waals surface area contributed by atoms with Crippen LogP contribution in [0.25, 0.3) is 0 Å². The first kappa shape index (κ1) is 21.7. The van der Waals surface area contributed by atoms with Crippen molar-refractivity contribution in [2.75, 3.05) is 26.4 Å². The van der Waals surface area contributed by atoms with Crippen molar-refractivity contribution in [2.45, 2.75) is 51.0 Å². The summed E-state index contributed by atoms with van der Waals surface area (Å²) in [6.07, 6.45) is 3.41. The van der Waals surface area contributed by atoms with Gasteiger partial charge in [-0.1, -0.05) is 25.5 Å². The highest BCUT2D eigenvalue weighted by Gasteiger charge is 2.35. The van der Waals surface area contributed by atoms with Gasteiger partial charge in [-0.25, -0.2) is 0 Å². The van der Waals surface area contributed by atoms with E-state index in [4.69, 9.17) is 15.2 Å². The van der Waals surface area contributed by atoms with E-state index in [9.17, 15) is 4.79 Å². The lowest BCUT2D eigenvalue weighted by Gasteiger charge is -2.38. The molecule has 0 saturated carbocycles. The first-order valence-electron chi connectivity index (χ1n) is 8.95. The molecule has 1 fully saturated rings. The van der Waals surface area contributed by atoms with Gasteiger partial charge in [-0.2, -0.15) is 0 Å². The molecule has 25 heavy (non-hydrogen) atoms. The molecule has 1 saturated heterocycles. The average Bonchev–Trinajstić information content (AvgIpc) is 2.61. The highest BCUT2D eigenvalue weighted by molar-refractivity contribution is 5.85. The number of nitrogens with two attached hydrogens (primary N) is 1. The molecule has 1 atom stereocenters. The van der Waals surface area contributed by atoms with Gasteiger partial charge in [-0.3, -0.25) is 4.79 Å². The van der Waals surface area contributed by atoms with Crippen molar-refractivity contribution in [3.05, 3.63) is 29.8 Å². The fraction of sp³-hybridized carbons (Fsp3) is 0.632. The maximum atomic E-state index is 12.2. The molecule has 1 aromatic rings. The predicted molar refractivity (Wildman–Crippen MR) is 102 cm³/mol. The number of rotatable bonds is 8. The summed E-state index contributed by atoms with van der Waals surface area (Å²) in [6, 6.07) is 7.79. The van der Waals surface area contributed by atoms with Crippen LogP contribution in [0.4, 0.5) is 0 Å². The summed E-state index contributed by atoms with van der Waals surface area (Å²) in [4.78, 5) is 12.2. The van der Waals surface area contributed by atoms with Crippen LogP contribution in [0.2, 0.25) is 0 Å². The van der Waals surface area contributed by atoms with E-state index < -0.39 is 6.04 Å². The van der Waals surface area contributed by atoms with Gasteiger partial charge < -0.3 is 20.5 Å². The minimum Gasteiger partial charge on any atom is -0.494 e. The summed E-state index contributed by atoms with van der Waals surface area (Å²) in [5.74, 6) is 0.811. The maximum absolute atomic E-state index is 12.2. The lowest BCUT2D eigenvalue weighted by Crippen LogP contribution is -2.48. The van der Waals surface area contributed by atoms with E-state index in [1.165, 1.54) is 5.56 Å². The van der Waals surface area contributed by atoms with Gasteiger partial charge in [0.25, 0.3) is 0 Å². The standard InChI is InChI=1S/C19H30N2O3.ClH/c1-3-5-17(20)18(22)21-14-19(10-12-23-13-11-19)15-6-8-16(9-7-15)24-4-2;/h6-9,17H,3-5,10-14,20H2,1-2H3,(H,21,22);1H. The summed E-state index contributed by atoms with van der Waals surface area (Å²) in [5, 5.41) is 3.07. The fourth-order valence-corrected chi connectivity index (χ4v) is 3.23. The summed E-state index contributed by atoms with van der Waals surface area (Å²) >= 11 is 0. The monoisotopic (exact) mass is 370 g/mol. The Morgan fingerprint density at radius 3 is 2.48 bits per heavy atom. The molecule has 142 valence electrons. The van der Waals surface area contributed by atoms with Gasteiger partial charge in [0, 0.05) is 25.2 Å². The number of carbonyl (C=O) groups is 1. The smallest absolute Gasteiger partial charge is 0.236 e. The van der Waals surface area contributed by atoms with Crippen LogP contribution in [0.15, 0.2) is 24.3 Å². The van der Waals surface area contributed by atoms with Crippen molar-refractivity contribution in [3.8, 4) is 5.75 Å². The number of hydrogen-bond acceptors (Lipinski definition) is 4. The Kier molecular flexibility index (Phi) is 9.25. The van der Waals surface area contributed by atoms with E-state index in [-0.39, 0.29) is 23.7 Å². The largest absolute Gasteiger partial charge is 0.494 e. The molecule has 0 radical (unpaired) electrons. The first-order valence-corrected chi connectivity index (χ1v) is 8.95. The normalized spacial score (nSPS) is 17.2. The van der Waals surface area contributed by atoms with Crippen molar-refractivity contribution >= 4 is 18.3 Å². The van der Waals surface area contributed by atoms with E-state index >= 15 is 0 Å². The molecule has 6 heteroatoms. The maximum Gasteiger partial charge on any atom is 0.236 e. The molecule has 5 nitrogen and oxygen atoms in total. The van der Waals surface area contributed by atoms with Gasteiger partial charge >= 0.3 is 0 Å². The zero-order chi connectivity index (χ0) is 17.4. The first-order chi connectivity index (χ1) is 11.6. The Hall–Kier alpha value is -1.30. The molecule has 0 spiro atoms. The van der Waals surface area contributed by atoms with Gasteiger partial charge in [-0.15, -0.1) is 12.4 Å². The molecule has 3 N–H and O–H groups in total. The van der Waals surface area contributed by atoms with Crippen LogP contribution in [0.5, 0.6) is 5.75 Å². The fourth-order valence-electron chi connectivity index (χ4n) is 3.23. The number of carbonyl (C=O) groups excluding carboxylic acids is 1. The van der Waals surface area contributed by atoms with Crippen molar-refractivity contribution in [2.24, 2.45) is 5.73 Å². The van der Waals surface area contributed by atoms with E-state index in [1.807, 2.05) is 26.0 Å². The quantitative estimate of drug-likeness (QED) is 0.738. The highest BCUT2D eigenvalue weighted by Crippen LogP contribution is 2.35. The summed E-state index contributed by atoms with van der Waals surface area (Å²) in [5.41, 5.74) is 7.05. The Morgan fingerprint density at radius 1 is 1.28 bits per heavy atom. The number of ether oxygens (including phenoxy) is 2. The predicted octanol–water partition coefficient (Wildman–Crippen LogP) is 2.80. The SMILES string of the molecule is CCCC(N)C(=O)NCC1(c2ccc(OCC)cc2)CCOCC1.Cl. The molecule has 0 aromatic heterocycles. The minimum atomic E-state index is -0.424. The number of nitrogens with one attached hydrogen (secondary N) is 1. The topological polar surface area (TPSA) is 73.6 Å². The van der Waals surface area contributed by atoms with Crippen LogP contribution in [0.1, 0.15) is 45.1 Å². The van der Waals surface area contributed by atoms with Crippen LogP contribution in [0, 0.1) is 0 Å². The lowest BCUT2D eigenvalue weighted by molar-refractivity contribution is -0.123. The highest BCUT2D eigenvalue weighted by atomic mass is 35.5. The van der Waals surface area contributed by atoms with Crippen LogP contribution in [-0.4, -0.2) is 38.3 Å². The number of amides is 1. The zero-order valence-corrected chi connectivity index (χ0v) is 16.1. The van der Waals surface area contributed by atoms with Crippen molar-refractivity contribution in [3.63, 3.8) is 0 Å². The molecule has 1 amide bonds. The Balaban J connectivity index is 0.00000312. The second kappa shape index (κ2) is 10.6. The van der Waals surface area contributed by atoms with Crippen molar-refractivity contribution in [1.29, 1.82) is 0 Å². The van der Waals surface area contributed by atoms with Gasteiger partial charge in [0.1, 0.15) is 5.75 Å². The summed E-state index contributed by atoms with van der Waals surface area (Å²) < 4.78 is 11.1. The van der Waals surface area contributed by atoms with Crippen LogP contribution < -0.4 is 15.8 Å². The molecule has 0 bridgehead atoms. The van der Waals surface area contributed by atoms with Crippen LogP contribution in [-0.2, 0) is 14.9 Å². The molecule has 1 aliphatic heterocycles. The molecular weight excluding hydrogens is 340 g/mol. The minimum absolute atomic E-state index is 0. The van der Waals surface area contributed by atoms with Crippen LogP contribution in [0.3, 0.4) is 0 Å². The average molecular weight is 371 g/mol. The summed E-state index contributed by atoms with van der Waals surface area (Å²) in [6.45, 7) is 6.69. The van der Waals surface area contributed by atoms with Gasteiger partial charge in [0.05, 0.1) is 12.6 Å². The van der Waals surface area contributed by atoms with Crippen molar-refractivity contribution in [1.82, 2.24) is 5.32 Å². The molecule has 1 heterocycles. The zero-order valence-electron chi connectivity index (χ0n) is 15.3. The molecular formula is C19H31ClN2O3. The Bertz CT molecular complexity index is 516. The third-order valence-electron chi connectivity index (χ3n) is 4.77. The third kappa shape index (κ3) is 5.87. The Morgan fingerprint density at radius 2 is 1.92 bits per heavy atom. The summed E-state index contributed by atoms with van der Waals surface area (Å²) in [7, 11) is 0. The van der Waals surface area contributed by atoms with Gasteiger partial charge in [-0.05, 0) is 43.9 Å². The number of benzene rings is 1. The number of hydrogen-bond donors (Lipinski definition) is 2. The van der Waals surface area contributed by atoms with Gasteiger partial charge in [0.2, 0.25) is 5.91 Å². The second-order valence-electron chi connectivity index (χ2n) is 6.46. The molecule has 1 unspecified atom stereocenters. The lowest BCUT2D eigenvalue weighted by atomic mass is 9.74.